The first-order valence-electron chi connectivity index (χ1n) is 8.97. The molecule has 0 radical (unpaired) electrons. The molecule has 138 valence electrons. The van der Waals surface area contributed by atoms with Crippen LogP contribution in [0.5, 0.6) is 0 Å². The summed E-state index contributed by atoms with van der Waals surface area (Å²) in [7, 11) is 0. The molecule has 1 aromatic heterocycles. The lowest BCUT2D eigenvalue weighted by Gasteiger charge is -2.25. The molecule has 2 atom stereocenters. The number of hydrogen-bond donors (Lipinski definition) is 0. The van der Waals surface area contributed by atoms with Crippen LogP contribution in [0.25, 0.3) is 11.5 Å². The molecule has 3 aromatic rings. The topological polar surface area (TPSA) is 59.2 Å². The summed E-state index contributed by atoms with van der Waals surface area (Å²) >= 11 is 0. The van der Waals surface area contributed by atoms with Gasteiger partial charge in [-0.3, -0.25) is 4.79 Å². The minimum atomic E-state index is -0.285. The van der Waals surface area contributed by atoms with E-state index in [1.807, 2.05) is 38.1 Å². The monoisotopic (exact) mass is 365 g/mol. The van der Waals surface area contributed by atoms with E-state index >= 15 is 0 Å². The molecule has 2 heterocycles. The molecule has 6 heteroatoms. The molecule has 1 saturated heterocycles. The van der Waals surface area contributed by atoms with Gasteiger partial charge in [0.05, 0.1) is 6.04 Å². The number of nitrogens with zero attached hydrogens (tertiary/aromatic N) is 3. The van der Waals surface area contributed by atoms with Crippen molar-refractivity contribution < 1.29 is 13.7 Å². The summed E-state index contributed by atoms with van der Waals surface area (Å²) in [5, 5.41) is 4.11. The van der Waals surface area contributed by atoms with E-state index in [0.29, 0.717) is 24.7 Å². The zero-order chi connectivity index (χ0) is 19.0. The van der Waals surface area contributed by atoms with Gasteiger partial charge < -0.3 is 9.42 Å². The Bertz CT molecular complexity index is 968. The Morgan fingerprint density at radius 2 is 1.93 bits per heavy atom. The minimum Gasteiger partial charge on any atom is -0.335 e. The van der Waals surface area contributed by atoms with Gasteiger partial charge in [-0.05, 0) is 43.2 Å². The van der Waals surface area contributed by atoms with Crippen molar-refractivity contribution in [1.82, 2.24) is 15.0 Å². The molecule has 2 unspecified atom stereocenters. The molecule has 1 amide bonds. The average Bonchev–Trinajstić information content (AvgIpc) is 3.29. The fraction of sp³-hybridized carbons (Fsp3) is 0.286. The van der Waals surface area contributed by atoms with Crippen LogP contribution >= 0.6 is 0 Å². The number of amides is 1. The highest BCUT2D eigenvalue weighted by Gasteiger charge is 2.36. The van der Waals surface area contributed by atoms with Crippen molar-refractivity contribution in [2.75, 3.05) is 6.54 Å². The van der Waals surface area contributed by atoms with Crippen molar-refractivity contribution in [3.63, 3.8) is 0 Å². The van der Waals surface area contributed by atoms with Crippen molar-refractivity contribution in [3.05, 3.63) is 71.3 Å². The van der Waals surface area contributed by atoms with Gasteiger partial charge in [0, 0.05) is 24.4 Å². The molecule has 27 heavy (non-hydrogen) atoms. The molecule has 0 spiro atoms. The zero-order valence-corrected chi connectivity index (χ0v) is 15.2. The van der Waals surface area contributed by atoms with Crippen LogP contribution in [-0.4, -0.2) is 27.5 Å². The van der Waals surface area contributed by atoms with E-state index in [4.69, 9.17) is 4.52 Å². The Morgan fingerprint density at radius 1 is 1.19 bits per heavy atom. The van der Waals surface area contributed by atoms with Gasteiger partial charge in [-0.15, -0.1) is 0 Å². The first-order valence-corrected chi connectivity index (χ1v) is 8.97. The van der Waals surface area contributed by atoms with E-state index in [1.165, 1.54) is 12.1 Å². The van der Waals surface area contributed by atoms with Crippen LogP contribution < -0.4 is 0 Å². The third-order valence-electron chi connectivity index (χ3n) is 5.16. The fourth-order valence-electron chi connectivity index (χ4n) is 3.52. The van der Waals surface area contributed by atoms with Gasteiger partial charge in [-0.1, -0.05) is 35.5 Å². The highest BCUT2D eigenvalue weighted by Crippen LogP contribution is 2.34. The predicted molar refractivity (Wildman–Crippen MR) is 98.4 cm³/mol. The van der Waals surface area contributed by atoms with Crippen molar-refractivity contribution >= 4 is 5.91 Å². The SMILES string of the molecule is Cc1ccccc1-c1nc(C2CC(=O)N(C(C)c3ccc(F)cc3)C2)no1. The number of carbonyl (C=O) groups is 1. The van der Waals surface area contributed by atoms with Gasteiger partial charge in [0.25, 0.3) is 5.89 Å². The van der Waals surface area contributed by atoms with E-state index in [-0.39, 0.29) is 23.7 Å². The number of hydrogen-bond acceptors (Lipinski definition) is 4. The van der Waals surface area contributed by atoms with E-state index < -0.39 is 0 Å². The maximum absolute atomic E-state index is 13.2. The summed E-state index contributed by atoms with van der Waals surface area (Å²) < 4.78 is 18.6. The Hall–Kier alpha value is -3.02. The highest BCUT2D eigenvalue weighted by molar-refractivity contribution is 5.80. The van der Waals surface area contributed by atoms with E-state index in [2.05, 4.69) is 10.1 Å². The second kappa shape index (κ2) is 6.95. The second-order valence-electron chi connectivity index (χ2n) is 6.95. The van der Waals surface area contributed by atoms with Gasteiger partial charge in [0.2, 0.25) is 5.91 Å². The normalized spacial score (nSPS) is 18.1. The summed E-state index contributed by atoms with van der Waals surface area (Å²) in [5.74, 6) is 0.670. The van der Waals surface area contributed by atoms with Gasteiger partial charge in [-0.2, -0.15) is 4.98 Å². The maximum atomic E-state index is 13.2. The second-order valence-corrected chi connectivity index (χ2v) is 6.95. The lowest BCUT2D eigenvalue weighted by Crippen LogP contribution is -2.28. The molecule has 0 bridgehead atoms. The molecule has 1 fully saturated rings. The molecule has 1 aliphatic heterocycles. The lowest BCUT2D eigenvalue weighted by atomic mass is 10.1. The standard InChI is InChI=1S/C21H20FN3O2/c1-13-5-3-4-6-18(13)21-23-20(24-27-21)16-11-19(26)25(12-16)14(2)15-7-9-17(22)10-8-15/h3-10,14,16H,11-12H2,1-2H3. The van der Waals surface area contributed by atoms with Crippen molar-refractivity contribution in [1.29, 1.82) is 0 Å². The van der Waals surface area contributed by atoms with Crippen molar-refractivity contribution in [2.45, 2.75) is 32.2 Å². The van der Waals surface area contributed by atoms with Gasteiger partial charge in [-0.25, -0.2) is 4.39 Å². The number of carbonyl (C=O) groups excluding carboxylic acids is 1. The lowest BCUT2D eigenvalue weighted by molar-refractivity contribution is -0.129. The summed E-state index contributed by atoms with van der Waals surface area (Å²) in [4.78, 5) is 18.9. The third-order valence-corrected chi connectivity index (χ3v) is 5.16. The predicted octanol–water partition coefficient (Wildman–Crippen LogP) is 4.26. The number of likely N-dealkylation sites (tertiary alicyclic amines) is 1. The van der Waals surface area contributed by atoms with Crippen LogP contribution in [0.1, 0.15) is 42.3 Å². The van der Waals surface area contributed by atoms with Crippen LogP contribution in [0.3, 0.4) is 0 Å². The van der Waals surface area contributed by atoms with Crippen LogP contribution in [0, 0.1) is 12.7 Å². The highest BCUT2D eigenvalue weighted by atomic mass is 19.1. The first kappa shape index (κ1) is 17.4. The quantitative estimate of drug-likeness (QED) is 0.693. The van der Waals surface area contributed by atoms with Gasteiger partial charge in [0.15, 0.2) is 5.82 Å². The Balaban J connectivity index is 1.53. The van der Waals surface area contributed by atoms with Crippen molar-refractivity contribution in [3.8, 4) is 11.5 Å². The maximum Gasteiger partial charge on any atom is 0.258 e. The molecular weight excluding hydrogens is 345 g/mol. The van der Waals surface area contributed by atoms with Crippen LogP contribution in [0.4, 0.5) is 4.39 Å². The Kier molecular flexibility index (Phi) is 4.48. The summed E-state index contributed by atoms with van der Waals surface area (Å²) in [6.07, 6.45) is 0.346. The first-order chi connectivity index (χ1) is 13.0. The number of aromatic nitrogens is 2. The molecule has 1 aliphatic rings. The summed E-state index contributed by atoms with van der Waals surface area (Å²) in [6, 6.07) is 13.9. The fourth-order valence-corrected chi connectivity index (χ4v) is 3.52. The Morgan fingerprint density at radius 3 is 2.67 bits per heavy atom. The molecule has 2 aromatic carbocycles. The number of rotatable bonds is 4. The number of halogens is 1. The number of aryl methyl sites for hydroxylation is 1. The molecule has 0 aliphatic carbocycles. The summed E-state index contributed by atoms with van der Waals surface area (Å²) in [6.45, 7) is 4.46. The van der Waals surface area contributed by atoms with Crippen LogP contribution in [-0.2, 0) is 4.79 Å². The van der Waals surface area contributed by atoms with E-state index in [0.717, 1.165) is 16.7 Å². The minimum absolute atomic E-state index is 0.0408. The molecule has 0 saturated carbocycles. The number of benzene rings is 2. The van der Waals surface area contributed by atoms with Crippen LogP contribution in [0.15, 0.2) is 53.1 Å². The third kappa shape index (κ3) is 3.35. The Labute approximate surface area is 156 Å². The zero-order valence-electron chi connectivity index (χ0n) is 15.2. The largest absolute Gasteiger partial charge is 0.335 e. The van der Waals surface area contributed by atoms with E-state index in [9.17, 15) is 9.18 Å². The van der Waals surface area contributed by atoms with Gasteiger partial charge >= 0.3 is 0 Å². The molecule has 4 rings (SSSR count). The van der Waals surface area contributed by atoms with Crippen LogP contribution in [0.2, 0.25) is 0 Å². The average molecular weight is 365 g/mol. The summed E-state index contributed by atoms with van der Waals surface area (Å²) in [5.41, 5.74) is 2.86. The smallest absolute Gasteiger partial charge is 0.258 e. The van der Waals surface area contributed by atoms with Gasteiger partial charge in [0.1, 0.15) is 5.82 Å². The molecule has 5 nitrogen and oxygen atoms in total. The molecular formula is C21H20FN3O2. The van der Waals surface area contributed by atoms with Crippen molar-refractivity contribution in [2.24, 2.45) is 0 Å². The van der Waals surface area contributed by atoms with E-state index in [1.54, 1.807) is 17.0 Å². The molecule has 0 N–H and O–H groups in total.